The molecule has 0 radical (unpaired) electrons. The third kappa shape index (κ3) is 5.51. The molecule has 1 heterocycles. The molecular weight excluding hydrogens is 398 g/mol. The first kappa shape index (κ1) is 21.6. The lowest BCUT2D eigenvalue weighted by molar-refractivity contribution is -0.136. The number of nitrogens with one attached hydrogen (secondary N) is 1. The number of carboxylic acids is 1. The summed E-state index contributed by atoms with van der Waals surface area (Å²) in [7, 11) is 0. The number of rotatable bonds is 9. The summed E-state index contributed by atoms with van der Waals surface area (Å²) in [5, 5.41) is 11.8. The molecule has 6 nitrogen and oxygen atoms in total. The van der Waals surface area contributed by atoms with Crippen LogP contribution in [0.4, 0.5) is 5.69 Å². The minimum atomic E-state index is -0.828. The SMILES string of the molecule is CCc1nc(-c2ccccc2)cc(=O)n1CCNc1ccc(SC(C)C(=O)O)cc1. The molecule has 1 atom stereocenters. The molecular formula is C23H25N3O3S. The van der Waals surface area contributed by atoms with Crippen LogP contribution in [0, 0.1) is 0 Å². The minimum absolute atomic E-state index is 0.0584. The summed E-state index contributed by atoms with van der Waals surface area (Å²) >= 11 is 1.31. The van der Waals surface area contributed by atoms with Gasteiger partial charge in [0, 0.05) is 41.7 Å². The van der Waals surface area contributed by atoms with Crippen LogP contribution in [-0.4, -0.2) is 32.4 Å². The standard InChI is InChI=1S/C23H25N3O3S/c1-3-21-25-20(17-7-5-4-6-8-17)15-22(27)26(21)14-13-24-18-9-11-19(12-10-18)30-16(2)23(28)29/h4-12,15-16,24H,3,13-14H2,1-2H3,(H,28,29). The molecule has 1 unspecified atom stereocenters. The van der Waals surface area contributed by atoms with E-state index in [0.717, 1.165) is 22.0 Å². The molecule has 0 saturated heterocycles. The topological polar surface area (TPSA) is 84.2 Å². The van der Waals surface area contributed by atoms with E-state index in [-0.39, 0.29) is 5.56 Å². The van der Waals surface area contributed by atoms with Gasteiger partial charge < -0.3 is 10.4 Å². The second kappa shape index (κ2) is 10.1. The van der Waals surface area contributed by atoms with Crippen molar-refractivity contribution in [1.82, 2.24) is 9.55 Å². The Labute approximate surface area is 180 Å². The number of carboxylic acid groups (broad SMARTS) is 1. The van der Waals surface area contributed by atoms with E-state index in [9.17, 15) is 9.59 Å². The van der Waals surface area contributed by atoms with Crippen LogP contribution in [0.3, 0.4) is 0 Å². The molecule has 0 aliphatic rings. The van der Waals surface area contributed by atoms with Gasteiger partial charge in [-0.15, -0.1) is 11.8 Å². The zero-order chi connectivity index (χ0) is 21.5. The number of hydrogen-bond donors (Lipinski definition) is 2. The Bertz CT molecular complexity index is 1050. The van der Waals surface area contributed by atoms with Crippen LogP contribution in [0.25, 0.3) is 11.3 Å². The fraction of sp³-hybridized carbons (Fsp3) is 0.261. The number of aliphatic carboxylic acids is 1. The molecule has 3 aromatic rings. The van der Waals surface area contributed by atoms with Gasteiger partial charge in [0.25, 0.3) is 5.56 Å². The number of aromatic nitrogens is 2. The van der Waals surface area contributed by atoms with Crippen LogP contribution < -0.4 is 10.9 Å². The van der Waals surface area contributed by atoms with E-state index in [4.69, 9.17) is 5.11 Å². The van der Waals surface area contributed by atoms with E-state index in [2.05, 4.69) is 10.3 Å². The molecule has 0 saturated carbocycles. The van der Waals surface area contributed by atoms with Crippen molar-refractivity contribution in [2.24, 2.45) is 0 Å². The zero-order valence-electron chi connectivity index (χ0n) is 17.0. The molecule has 0 aliphatic heterocycles. The van der Waals surface area contributed by atoms with Gasteiger partial charge >= 0.3 is 5.97 Å². The predicted molar refractivity (Wildman–Crippen MR) is 121 cm³/mol. The highest BCUT2D eigenvalue weighted by Crippen LogP contribution is 2.24. The van der Waals surface area contributed by atoms with Crippen molar-refractivity contribution in [1.29, 1.82) is 0 Å². The second-order valence-corrected chi connectivity index (χ2v) is 8.23. The van der Waals surface area contributed by atoms with Gasteiger partial charge in [0.15, 0.2) is 0 Å². The molecule has 3 rings (SSSR count). The van der Waals surface area contributed by atoms with Gasteiger partial charge in [-0.25, -0.2) is 4.98 Å². The summed E-state index contributed by atoms with van der Waals surface area (Å²) in [5.74, 6) is -0.0659. The number of nitrogens with zero attached hydrogens (tertiary/aromatic N) is 2. The molecule has 7 heteroatoms. The average molecular weight is 424 g/mol. The fourth-order valence-electron chi connectivity index (χ4n) is 3.04. The minimum Gasteiger partial charge on any atom is -0.480 e. The molecule has 0 aliphatic carbocycles. The third-order valence-corrected chi connectivity index (χ3v) is 5.75. The van der Waals surface area contributed by atoms with Gasteiger partial charge in [0.05, 0.1) is 5.69 Å². The highest BCUT2D eigenvalue weighted by Gasteiger charge is 2.12. The van der Waals surface area contributed by atoms with Crippen molar-refractivity contribution in [3.05, 3.63) is 76.8 Å². The van der Waals surface area contributed by atoms with Crippen molar-refractivity contribution in [2.45, 2.75) is 37.0 Å². The summed E-state index contributed by atoms with van der Waals surface area (Å²) < 4.78 is 1.71. The Kier molecular flexibility index (Phi) is 7.30. The van der Waals surface area contributed by atoms with Crippen LogP contribution in [0.5, 0.6) is 0 Å². The molecule has 156 valence electrons. The smallest absolute Gasteiger partial charge is 0.316 e. The Morgan fingerprint density at radius 2 is 1.87 bits per heavy atom. The molecule has 30 heavy (non-hydrogen) atoms. The molecule has 2 aromatic carbocycles. The lowest BCUT2D eigenvalue weighted by Crippen LogP contribution is -2.27. The quantitative estimate of drug-likeness (QED) is 0.503. The Balaban J connectivity index is 1.64. The Hall–Kier alpha value is -3.06. The maximum atomic E-state index is 12.7. The lowest BCUT2D eigenvalue weighted by Gasteiger charge is -2.14. The maximum Gasteiger partial charge on any atom is 0.316 e. The van der Waals surface area contributed by atoms with Crippen LogP contribution >= 0.6 is 11.8 Å². The van der Waals surface area contributed by atoms with Gasteiger partial charge in [-0.05, 0) is 31.2 Å². The first-order valence-electron chi connectivity index (χ1n) is 9.87. The maximum absolute atomic E-state index is 12.7. The van der Waals surface area contributed by atoms with Crippen LogP contribution in [-0.2, 0) is 17.8 Å². The zero-order valence-corrected chi connectivity index (χ0v) is 17.9. The summed E-state index contributed by atoms with van der Waals surface area (Å²) in [5.41, 5.74) is 2.49. The van der Waals surface area contributed by atoms with E-state index in [1.165, 1.54) is 11.8 Å². The molecule has 0 spiro atoms. The van der Waals surface area contributed by atoms with Crippen LogP contribution in [0.2, 0.25) is 0 Å². The highest BCUT2D eigenvalue weighted by atomic mass is 32.2. The number of thioether (sulfide) groups is 1. The van der Waals surface area contributed by atoms with Crippen molar-refractivity contribution in [3.8, 4) is 11.3 Å². The lowest BCUT2D eigenvalue weighted by atomic mass is 10.1. The normalized spacial score (nSPS) is 11.8. The number of benzene rings is 2. The number of carbonyl (C=O) groups is 1. The fourth-order valence-corrected chi connectivity index (χ4v) is 3.84. The first-order chi connectivity index (χ1) is 14.5. The Morgan fingerprint density at radius 1 is 1.17 bits per heavy atom. The molecule has 0 fully saturated rings. The van der Waals surface area contributed by atoms with E-state index in [0.29, 0.717) is 25.2 Å². The van der Waals surface area contributed by atoms with Gasteiger partial charge in [-0.2, -0.15) is 0 Å². The first-order valence-corrected chi connectivity index (χ1v) is 10.8. The predicted octanol–water partition coefficient (Wildman–Crippen LogP) is 4.15. The second-order valence-electron chi connectivity index (χ2n) is 6.82. The van der Waals surface area contributed by atoms with Gasteiger partial charge in [-0.3, -0.25) is 14.2 Å². The molecule has 0 amide bonds. The van der Waals surface area contributed by atoms with Crippen molar-refractivity contribution in [3.63, 3.8) is 0 Å². The van der Waals surface area contributed by atoms with E-state index < -0.39 is 11.2 Å². The van der Waals surface area contributed by atoms with Crippen LogP contribution in [0.1, 0.15) is 19.7 Å². The van der Waals surface area contributed by atoms with Gasteiger partial charge in [0.2, 0.25) is 0 Å². The average Bonchev–Trinajstić information content (AvgIpc) is 2.76. The summed E-state index contributed by atoms with van der Waals surface area (Å²) in [6, 6.07) is 18.9. The molecule has 2 N–H and O–H groups in total. The molecule has 0 bridgehead atoms. The number of hydrogen-bond acceptors (Lipinski definition) is 5. The largest absolute Gasteiger partial charge is 0.480 e. The van der Waals surface area contributed by atoms with Crippen LogP contribution in [0.15, 0.2) is 70.4 Å². The van der Waals surface area contributed by atoms with Crippen molar-refractivity contribution >= 4 is 23.4 Å². The van der Waals surface area contributed by atoms with Crippen molar-refractivity contribution in [2.75, 3.05) is 11.9 Å². The van der Waals surface area contributed by atoms with E-state index in [1.807, 2.05) is 61.5 Å². The van der Waals surface area contributed by atoms with Gasteiger partial charge in [-0.1, -0.05) is 37.3 Å². The van der Waals surface area contributed by atoms with E-state index >= 15 is 0 Å². The third-order valence-electron chi connectivity index (χ3n) is 4.65. The highest BCUT2D eigenvalue weighted by molar-refractivity contribution is 8.00. The van der Waals surface area contributed by atoms with Crippen molar-refractivity contribution < 1.29 is 9.90 Å². The molecule has 1 aromatic heterocycles. The number of aryl methyl sites for hydroxylation is 1. The van der Waals surface area contributed by atoms with E-state index in [1.54, 1.807) is 17.6 Å². The summed E-state index contributed by atoms with van der Waals surface area (Å²) in [6.45, 7) is 4.75. The summed E-state index contributed by atoms with van der Waals surface area (Å²) in [6.07, 6.45) is 0.670. The number of anilines is 1. The monoisotopic (exact) mass is 423 g/mol. The van der Waals surface area contributed by atoms with Gasteiger partial charge in [0.1, 0.15) is 11.1 Å². The Morgan fingerprint density at radius 3 is 2.50 bits per heavy atom. The summed E-state index contributed by atoms with van der Waals surface area (Å²) in [4.78, 5) is 29.2.